The molecule has 0 fully saturated rings. The van der Waals surface area contributed by atoms with Gasteiger partial charge in [0, 0.05) is 11.8 Å². The normalized spacial score (nSPS) is 10.8. The van der Waals surface area contributed by atoms with E-state index in [1.807, 2.05) is 6.20 Å². The quantitative estimate of drug-likeness (QED) is 0.555. The second kappa shape index (κ2) is 8.61. The predicted octanol–water partition coefficient (Wildman–Crippen LogP) is 5.82. The Bertz CT molecular complexity index is 511. The van der Waals surface area contributed by atoms with Gasteiger partial charge in [-0.15, -0.1) is 0 Å². The van der Waals surface area contributed by atoms with Gasteiger partial charge < -0.3 is 0 Å². The molecule has 0 N–H and O–H groups in total. The van der Waals surface area contributed by atoms with E-state index < -0.39 is 0 Å². The van der Waals surface area contributed by atoms with E-state index in [9.17, 15) is 0 Å². The van der Waals surface area contributed by atoms with Crippen LogP contribution in [0.5, 0.6) is 0 Å². The van der Waals surface area contributed by atoms with Crippen molar-refractivity contribution >= 4 is 0 Å². The van der Waals surface area contributed by atoms with E-state index in [0.29, 0.717) is 0 Å². The molecule has 0 aliphatic heterocycles. The highest BCUT2D eigenvalue weighted by molar-refractivity contribution is 5.59. The van der Waals surface area contributed by atoms with Gasteiger partial charge >= 0.3 is 0 Å². The maximum absolute atomic E-state index is 4.62. The highest BCUT2D eigenvalue weighted by atomic mass is 14.7. The zero-order chi connectivity index (χ0) is 14.9. The lowest BCUT2D eigenvalue weighted by Gasteiger charge is -2.05. The van der Waals surface area contributed by atoms with Crippen molar-refractivity contribution in [2.75, 3.05) is 0 Å². The Balaban J connectivity index is 1.94. The van der Waals surface area contributed by atoms with Gasteiger partial charge in [-0.3, -0.25) is 4.98 Å². The summed E-state index contributed by atoms with van der Waals surface area (Å²) in [6.07, 6.45) is 10.8. The molecule has 0 bridgehead atoms. The van der Waals surface area contributed by atoms with Crippen LogP contribution in [0.2, 0.25) is 0 Å². The molecule has 1 aromatic carbocycles. The van der Waals surface area contributed by atoms with E-state index in [2.05, 4.69) is 55.2 Å². The van der Waals surface area contributed by atoms with Gasteiger partial charge in [-0.1, -0.05) is 69.9 Å². The van der Waals surface area contributed by atoms with Gasteiger partial charge in [0.15, 0.2) is 0 Å². The number of rotatable bonds is 8. The fourth-order valence-corrected chi connectivity index (χ4v) is 2.63. The molecule has 1 heterocycles. The molecule has 0 aliphatic carbocycles. The van der Waals surface area contributed by atoms with E-state index in [1.165, 1.54) is 48.8 Å². The predicted molar refractivity (Wildman–Crippen MR) is 91.5 cm³/mol. The SMILES string of the molecule is CCCCCCc1ccc(-c2ccc(CCC)cc2)nc1. The first-order chi connectivity index (χ1) is 10.3. The molecule has 0 amide bonds. The average molecular weight is 281 g/mol. The van der Waals surface area contributed by atoms with Gasteiger partial charge in [0.05, 0.1) is 5.69 Å². The fraction of sp³-hybridized carbons (Fsp3) is 0.450. The number of hydrogen-bond acceptors (Lipinski definition) is 1. The molecule has 1 heteroatoms. The molecule has 0 aliphatic rings. The number of aromatic nitrogens is 1. The van der Waals surface area contributed by atoms with Crippen molar-refractivity contribution in [2.24, 2.45) is 0 Å². The van der Waals surface area contributed by atoms with Gasteiger partial charge in [-0.05, 0) is 36.5 Å². The third-order valence-electron chi connectivity index (χ3n) is 3.93. The van der Waals surface area contributed by atoms with Crippen LogP contribution in [0, 0.1) is 0 Å². The first-order valence-corrected chi connectivity index (χ1v) is 8.37. The van der Waals surface area contributed by atoms with Crippen LogP contribution in [0.4, 0.5) is 0 Å². The van der Waals surface area contributed by atoms with Gasteiger partial charge in [0.2, 0.25) is 0 Å². The van der Waals surface area contributed by atoms with Gasteiger partial charge in [-0.25, -0.2) is 0 Å². The molecule has 0 saturated carbocycles. The summed E-state index contributed by atoms with van der Waals surface area (Å²) in [5.74, 6) is 0. The standard InChI is InChI=1S/C20H27N/c1-3-5-6-7-9-18-12-15-20(21-16-18)19-13-10-17(8-4-2)11-14-19/h10-16H,3-9H2,1-2H3. The van der Waals surface area contributed by atoms with Crippen molar-refractivity contribution in [1.82, 2.24) is 4.98 Å². The lowest BCUT2D eigenvalue weighted by atomic mass is 10.0. The summed E-state index contributed by atoms with van der Waals surface area (Å²) in [7, 11) is 0. The number of aryl methyl sites for hydroxylation is 2. The van der Waals surface area contributed by atoms with Crippen molar-refractivity contribution < 1.29 is 0 Å². The summed E-state index contributed by atoms with van der Waals surface area (Å²) in [6, 6.07) is 13.2. The molecule has 0 saturated heterocycles. The zero-order valence-electron chi connectivity index (χ0n) is 13.4. The topological polar surface area (TPSA) is 12.9 Å². The molecule has 2 aromatic rings. The van der Waals surface area contributed by atoms with Crippen LogP contribution >= 0.6 is 0 Å². The highest BCUT2D eigenvalue weighted by Gasteiger charge is 2.00. The smallest absolute Gasteiger partial charge is 0.0702 e. The number of unbranched alkanes of at least 4 members (excludes halogenated alkanes) is 3. The highest BCUT2D eigenvalue weighted by Crippen LogP contribution is 2.19. The first kappa shape index (κ1) is 15.8. The summed E-state index contributed by atoms with van der Waals surface area (Å²) in [5.41, 5.74) is 5.06. The van der Waals surface area contributed by atoms with Crippen LogP contribution in [0.25, 0.3) is 11.3 Å². The molecule has 1 aromatic heterocycles. The Morgan fingerprint density at radius 1 is 0.714 bits per heavy atom. The molecule has 0 unspecified atom stereocenters. The molecule has 0 radical (unpaired) electrons. The average Bonchev–Trinajstić information content (AvgIpc) is 2.53. The number of pyridine rings is 1. The number of hydrogen-bond donors (Lipinski definition) is 0. The zero-order valence-corrected chi connectivity index (χ0v) is 13.4. The van der Waals surface area contributed by atoms with Crippen LogP contribution in [-0.4, -0.2) is 4.98 Å². The largest absolute Gasteiger partial charge is 0.256 e. The maximum atomic E-state index is 4.62. The van der Waals surface area contributed by atoms with Gasteiger partial charge in [0.1, 0.15) is 0 Å². The summed E-state index contributed by atoms with van der Waals surface area (Å²) in [6.45, 7) is 4.47. The molecule has 21 heavy (non-hydrogen) atoms. The Labute approximate surface area is 129 Å². The second-order valence-corrected chi connectivity index (χ2v) is 5.81. The Morgan fingerprint density at radius 2 is 1.48 bits per heavy atom. The molecule has 1 nitrogen and oxygen atoms in total. The fourth-order valence-electron chi connectivity index (χ4n) is 2.63. The summed E-state index contributed by atoms with van der Waals surface area (Å²) < 4.78 is 0. The minimum absolute atomic E-state index is 1.08. The molecule has 0 atom stereocenters. The monoisotopic (exact) mass is 281 g/mol. The minimum Gasteiger partial charge on any atom is -0.256 e. The van der Waals surface area contributed by atoms with Crippen molar-refractivity contribution in [3.8, 4) is 11.3 Å². The summed E-state index contributed by atoms with van der Waals surface area (Å²) in [4.78, 5) is 4.62. The third-order valence-corrected chi connectivity index (χ3v) is 3.93. The Hall–Kier alpha value is -1.63. The maximum Gasteiger partial charge on any atom is 0.0702 e. The van der Waals surface area contributed by atoms with Crippen LogP contribution in [0.1, 0.15) is 57.1 Å². The Morgan fingerprint density at radius 3 is 2.10 bits per heavy atom. The van der Waals surface area contributed by atoms with Crippen molar-refractivity contribution in [3.63, 3.8) is 0 Å². The van der Waals surface area contributed by atoms with E-state index >= 15 is 0 Å². The van der Waals surface area contributed by atoms with Gasteiger partial charge in [-0.2, -0.15) is 0 Å². The molecular formula is C20H27N. The minimum atomic E-state index is 1.08. The van der Waals surface area contributed by atoms with E-state index in [4.69, 9.17) is 0 Å². The van der Waals surface area contributed by atoms with Gasteiger partial charge in [0.25, 0.3) is 0 Å². The van der Waals surface area contributed by atoms with Crippen LogP contribution in [0.3, 0.4) is 0 Å². The summed E-state index contributed by atoms with van der Waals surface area (Å²) in [5, 5.41) is 0. The molecular weight excluding hydrogens is 254 g/mol. The van der Waals surface area contributed by atoms with E-state index in [-0.39, 0.29) is 0 Å². The Kier molecular flexibility index (Phi) is 6.46. The lowest BCUT2D eigenvalue weighted by Crippen LogP contribution is -1.90. The molecule has 2 rings (SSSR count). The van der Waals surface area contributed by atoms with Crippen LogP contribution < -0.4 is 0 Å². The number of benzene rings is 1. The van der Waals surface area contributed by atoms with Crippen LogP contribution in [0.15, 0.2) is 42.6 Å². The summed E-state index contributed by atoms with van der Waals surface area (Å²) >= 11 is 0. The lowest BCUT2D eigenvalue weighted by molar-refractivity contribution is 0.666. The van der Waals surface area contributed by atoms with Crippen molar-refractivity contribution in [1.29, 1.82) is 0 Å². The second-order valence-electron chi connectivity index (χ2n) is 5.81. The first-order valence-electron chi connectivity index (χ1n) is 8.37. The molecule has 0 spiro atoms. The van der Waals surface area contributed by atoms with Crippen LogP contribution in [-0.2, 0) is 12.8 Å². The number of nitrogens with zero attached hydrogens (tertiary/aromatic N) is 1. The molecule has 112 valence electrons. The van der Waals surface area contributed by atoms with E-state index in [1.54, 1.807) is 0 Å². The third kappa shape index (κ3) is 5.00. The van der Waals surface area contributed by atoms with Crippen molar-refractivity contribution in [3.05, 3.63) is 53.7 Å². The van der Waals surface area contributed by atoms with E-state index in [0.717, 1.165) is 18.5 Å². The van der Waals surface area contributed by atoms with Crippen molar-refractivity contribution in [2.45, 2.75) is 58.8 Å².